The quantitative estimate of drug-likeness (QED) is 0.531. The van der Waals surface area contributed by atoms with Gasteiger partial charge in [-0.3, -0.25) is 0 Å². The van der Waals surface area contributed by atoms with Crippen molar-refractivity contribution in [3.8, 4) is 0 Å². The first kappa shape index (κ1) is 12.8. The fourth-order valence-corrected chi connectivity index (χ4v) is 4.87. The molecule has 1 aliphatic rings. The maximum Gasteiger partial charge on any atom is 0.0296 e. The van der Waals surface area contributed by atoms with Gasteiger partial charge in [0.15, 0.2) is 0 Å². The molecule has 14 heavy (non-hydrogen) atoms. The minimum Gasteiger partial charge on any atom is -0.305 e. The van der Waals surface area contributed by atoms with Crippen molar-refractivity contribution >= 4 is 22.6 Å². The van der Waals surface area contributed by atoms with Crippen LogP contribution in [0.4, 0.5) is 0 Å². The Kier molecular flexibility index (Phi) is 4.27. The monoisotopic (exact) mass is 309 g/mol. The average molecular weight is 309 g/mol. The van der Waals surface area contributed by atoms with E-state index in [0.29, 0.717) is 0 Å². The molecular formula is C12H24IN. The fraction of sp³-hybridized carbons (Fsp3) is 1.00. The molecular weight excluding hydrogens is 285 g/mol. The van der Waals surface area contributed by atoms with Gasteiger partial charge in [-0.25, -0.2) is 0 Å². The molecule has 0 amide bonds. The number of halogens is 1. The van der Waals surface area contributed by atoms with Crippen molar-refractivity contribution in [2.45, 2.75) is 37.7 Å². The van der Waals surface area contributed by atoms with Gasteiger partial charge in [0.25, 0.3) is 0 Å². The van der Waals surface area contributed by atoms with Crippen LogP contribution in [0.15, 0.2) is 0 Å². The maximum atomic E-state index is 2.66. The smallest absolute Gasteiger partial charge is 0.0296 e. The number of hydrogen-bond acceptors (Lipinski definition) is 1. The van der Waals surface area contributed by atoms with Crippen LogP contribution in [0.2, 0.25) is 0 Å². The van der Waals surface area contributed by atoms with Crippen LogP contribution in [0, 0.1) is 23.7 Å². The molecule has 6 atom stereocenters. The minimum atomic E-state index is 0.747. The van der Waals surface area contributed by atoms with Crippen LogP contribution in [-0.2, 0) is 0 Å². The number of hydrogen-bond donors (Lipinski definition) is 0. The molecule has 0 aromatic carbocycles. The van der Waals surface area contributed by atoms with Gasteiger partial charge in [-0.15, -0.1) is 0 Å². The summed E-state index contributed by atoms with van der Waals surface area (Å²) in [7, 11) is 4.45. The number of alkyl halides is 1. The molecule has 1 aliphatic carbocycles. The Hall–Kier alpha value is 0.690. The molecule has 84 valence electrons. The van der Waals surface area contributed by atoms with Gasteiger partial charge in [-0.1, -0.05) is 50.3 Å². The van der Waals surface area contributed by atoms with Crippen molar-refractivity contribution in [3.63, 3.8) is 0 Å². The molecule has 0 aliphatic heterocycles. The molecule has 6 unspecified atom stereocenters. The summed E-state index contributed by atoms with van der Waals surface area (Å²) in [4.78, 5) is 2.42. The summed E-state index contributed by atoms with van der Waals surface area (Å²) in [5.41, 5.74) is 0. The molecule has 1 fully saturated rings. The second-order valence-corrected chi connectivity index (χ2v) is 6.77. The van der Waals surface area contributed by atoms with Gasteiger partial charge < -0.3 is 4.90 Å². The molecule has 0 aromatic heterocycles. The van der Waals surface area contributed by atoms with E-state index in [0.717, 1.165) is 33.6 Å². The Morgan fingerprint density at radius 3 is 1.64 bits per heavy atom. The van der Waals surface area contributed by atoms with Gasteiger partial charge >= 0.3 is 0 Å². The highest BCUT2D eigenvalue weighted by molar-refractivity contribution is 14.1. The lowest BCUT2D eigenvalue weighted by molar-refractivity contribution is 0.0601. The highest BCUT2D eigenvalue weighted by Crippen LogP contribution is 2.43. The highest BCUT2D eigenvalue weighted by atomic mass is 127. The van der Waals surface area contributed by atoms with Crippen LogP contribution in [0.5, 0.6) is 0 Å². The van der Waals surface area contributed by atoms with Gasteiger partial charge in [0, 0.05) is 9.97 Å². The predicted octanol–water partition coefficient (Wildman–Crippen LogP) is 3.28. The Morgan fingerprint density at radius 2 is 1.21 bits per heavy atom. The Labute approximate surface area is 103 Å². The third-order valence-corrected chi connectivity index (χ3v) is 6.32. The molecule has 0 N–H and O–H groups in total. The Bertz CT molecular complexity index is 177. The molecule has 1 saturated carbocycles. The van der Waals surface area contributed by atoms with Gasteiger partial charge in [0.2, 0.25) is 0 Å². The van der Waals surface area contributed by atoms with E-state index in [2.05, 4.69) is 69.3 Å². The first-order chi connectivity index (χ1) is 6.37. The zero-order valence-corrected chi connectivity index (χ0v) is 12.4. The molecule has 0 spiro atoms. The predicted molar refractivity (Wildman–Crippen MR) is 71.9 cm³/mol. The summed E-state index contributed by atoms with van der Waals surface area (Å²) in [5.74, 6) is 3.37. The van der Waals surface area contributed by atoms with E-state index in [1.54, 1.807) is 0 Å². The average Bonchev–Trinajstić information content (AvgIpc) is 2.11. The van der Waals surface area contributed by atoms with E-state index in [1.807, 2.05) is 0 Å². The van der Waals surface area contributed by atoms with E-state index >= 15 is 0 Å². The van der Waals surface area contributed by atoms with E-state index in [4.69, 9.17) is 0 Å². The largest absolute Gasteiger partial charge is 0.305 e. The third kappa shape index (κ3) is 2.11. The first-order valence-electron chi connectivity index (χ1n) is 5.68. The second-order valence-electron chi connectivity index (χ2n) is 5.34. The molecule has 0 radical (unpaired) electrons. The lowest BCUT2D eigenvalue weighted by Crippen LogP contribution is -2.52. The van der Waals surface area contributed by atoms with Crippen LogP contribution in [-0.4, -0.2) is 29.0 Å². The van der Waals surface area contributed by atoms with Gasteiger partial charge in [0.05, 0.1) is 0 Å². The number of rotatable bonds is 1. The maximum absolute atomic E-state index is 2.66. The molecule has 2 heteroatoms. The van der Waals surface area contributed by atoms with Crippen molar-refractivity contribution in [2.24, 2.45) is 23.7 Å². The minimum absolute atomic E-state index is 0.747. The zero-order chi connectivity index (χ0) is 11.0. The van der Waals surface area contributed by atoms with Gasteiger partial charge in [0.1, 0.15) is 0 Å². The lowest BCUT2D eigenvalue weighted by Gasteiger charge is -2.48. The molecule has 0 aromatic rings. The van der Waals surface area contributed by atoms with E-state index in [-0.39, 0.29) is 0 Å². The molecule has 0 bridgehead atoms. The van der Waals surface area contributed by atoms with Crippen molar-refractivity contribution in [3.05, 3.63) is 0 Å². The van der Waals surface area contributed by atoms with Gasteiger partial charge in [-0.2, -0.15) is 0 Å². The topological polar surface area (TPSA) is 3.24 Å². The zero-order valence-electron chi connectivity index (χ0n) is 10.3. The Balaban J connectivity index is 2.86. The second kappa shape index (κ2) is 4.69. The van der Waals surface area contributed by atoms with Crippen LogP contribution in [0.25, 0.3) is 0 Å². The van der Waals surface area contributed by atoms with E-state index in [9.17, 15) is 0 Å². The van der Waals surface area contributed by atoms with Crippen molar-refractivity contribution < 1.29 is 0 Å². The van der Waals surface area contributed by atoms with E-state index in [1.165, 1.54) is 0 Å². The van der Waals surface area contributed by atoms with Crippen LogP contribution in [0.3, 0.4) is 0 Å². The van der Waals surface area contributed by atoms with Crippen LogP contribution in [0.1, 0.15) is 27.7 Å². The summed E-state index contributed by atoms with van der Waals surface area (Å²) in [5, 5.41) is 0. The summed E-state index contributed by atoms with van der Waals surface area (Å²) in [6, 6.07) is 0.747. The van der Waals surface area contributed by atoms with E-state index < -0.39 is 0 Å². The Morgan fingerprint density at radius 1 is 0.786 bits per heavy atom. The summed E-state index contributed by atoms with van der Waals surface area (Å²) >= 11 is 2.66. The fourth-order valence-electron chi connectivity index (χ4n) is 2.91. The SMILES string of the molecule is CC1C(C)C(C)C(N(C)C)C(I)C1C. The van der Waals surface area contributed by atoms with Crippen molar-refractivity contribution in [1.82, 2.24) is 4.90 Å². The normalized spacial score (nSPS) is 49.7. The highest BCUT2D eigenvalue weighted by Gasteiger charge is 2.42. The summed E-state index contributed by atoms with van der Waals surface area (Å²) < 4.78 is 0.795. The van der Waals surface area contributed by atoms with Crippen molar-refractivity contribution in [1.29, 1.82) is 0 Å². The molecule has 0 heterocycles. The lowest BCUT2D eigenvalue weighted by atomic mass is 9.66. The summed E-state index contributed by atoms with van der Waals surface area (Å²) in [6.45, 7) is 9.68. The van der Waals surface area contributed by atoms with Crippen LogP contribution >= 0.6 is 22.6 Å². The van der Waals surface area contributed by atoms with Gasteiger partial charge in [-0.05, 0) is 37.8 Å². The van der Waals surface area contributed by atoms with Crippen molar-refractivity contribution in [2.75, 3.05) is 14.1 Å². The first-order valence-corrected chi connectivity index (χ1v) is 6.93. The van der Waals surface area contributed by atoms with Crippen LogP contribution < -0.4 is 0 Å². The summed E-state index contributed by atoms with van der Waals surface area (Å²) in [6.07, 6.45) is 0. The molecule has 0 saturated heterocycles. The standard InChI is InChI=1S/C12H24IN/c1-7-8(2)10(4)12(14(5)6)11(13)9(7)3/h7-12H,1-6H3. The molecule has 1 rings (SSSR count). The third-order valence-electron chi connectivity index (χ3n) is 4.45. The number of nitrogens with zero attached hydrogens (tertiary/aromatic N) is 1. The molecule has 1 nitrogen and oxygen atoms in total.